The number of likely N-dealkylation sites (tertiary alicyclic amines) is 1. The van der Waals surface area contributed by atoms with Crippen molar-refractivity contribution in [3.63, 3.8) is 0 Å². The van der Waals surface area contributed by atoms with Crippen molar-refractivity contribution in [2.24, 2.45) is 10.9 Å². The first-order valence-electron chi connectivity index (χ1n) is 12.1. The van der Waals surface area contributed by atoms with Crippen LogP contribution in [-0.2, 0) is 27.3 Å². The number of aliphatic imine (C=N–C) groups is 1. The van der Waals surface area contributed by atoms with Crippen LogP contribution in [0.2, 0.25) is 0 Å². The van der Waals surface area contributed by atoms with Crippen LogP contribution in [-0.4, -0.2) is 78.4 Å². The summed E-state index contributed by atoms with van der Waals surface area (Å²) in [6, 6.07) is 5.11. The van der Waals surface area contributed by atoms with E-state index >= 15 is 0 Å². The summed E-state index contributed by atoms with van der Waals surface area (Å²) in [5, 5.41) is 1.97. The van der Waals surface area contributed by atoms with Crippen LogP contribution in [0.25, 0.3) is 0 Å². The number of halogens is 3. The Bertz CT molecular complexity index is 988. The Morgan fingerprint density at radius 3 is 2.41 bits per heavy atom. The standard InChI is InChI=1S/C24H34F3N5O5/c1-23(2,3)37-22(34)31-10-7-18(8-11-31)29-21(30-20(33)24(25,26)27)32-9-6-16-14-19(35-12-13-36-28)5-4-17(16)15-32/h4-5,14,18H,6-13,15,28H2,1-3H3,(H,29,30,33). The van der Waals surface area contributed by atoms with Crippen LogP contribution in [0.4, 0.5) is 18.0 Å². The molecular formula is C24H34F3N5O5. The lowest BCUT2D eigenvalue weighted by Gasteiger charge is -2.35. The summed E-state index contributed by atoms with van der Waals surface area (Å²) in [7, 11) is 0. The van der Waals surface area contributed by atoms with Crippen LogP contribution in [0.5, 0.6) is 5.75 Å². The second kappa shape index (κ2) is 12.0. The van der Waals surface area contributed by atoms with E-state index in [0.29, 0.717) is 44.6 Å². The van der Waals surface area contributed by atoms with Crippen molar-refractivity contribution >= 4 is 18.0 Å². The molecule has 13 heteroatoms. The van der Waals surface area contributed by atoms with Gasteiger partial charge in [0.1, 0.15) is 24.6 Å². The van der Waals surface area contributed by atoms with Gasteiger partial charge in [0.05, 0.1) is 6.04 Å². The predicted octanol–water partition coefficient (Wildman–Crippen LogP) is 2.75. The van der Waals surface area contributed by atoms with Gasteiger partial charge in [0.25, 0.3) is 0 Å². The lowest BCUT2D eigenvalue weighted by Crippen LogP contribution is -2.51. The minimum absolute atomic E-state index is 0.121. The van der Waals surface area contributed by atoms with Crippen LogP contribution >= 0.6 is 0 Å². The number of hydrogen-bond donors (Lipinski definition) is 2. The van der Waals surface area contributed by atoms with Crippen LogP contribution < -0.4 is 16.0 Å². The van der Waals surface area contributed by atoms with E-state index in [1.165, 1.54) is 0 Å². The second-order valence-corrected chi connectivity index (χ2v) is 9.92. The number of hydrogen-bond acceptors (Lipinski definition) is 7. The highest BCUT2D eigenvalue weighted by Gasteiger charge is 2.40. The number of benzene rings is 1. The van der Waals surface area contributed by atoms with Crippen molar-refractivity contribution in [1.82, 2.24) is 15.1 Å². The minimum Gasteiger partial charge on any atom is -0.491 e. The molecule has 0 atom stereocenters. The number of amides is 2. The van der Waals surface area contributed by atoms with E-state index in [1.54, 1.807) is 36.6 Å². The van der Waals surface area contributed by atoms with Gasteiger partial charge in [-0.05, 0) is 63.3 Å². The summed E-state index contributed by atoms with van der Waals surface area (Å²) >= 11 is 0. The fourth-order valence-corrected chi connectivity index (χ4v) is 4.05. The number of ether oxygens (including phenoxy) is 2. The Morgan fingerprint density at radius 1 is 1.08 bits per heavy atom. The molecule has 0 bridgehead atoms. The first kappa shape index (κ1) is 28.5. The van der Waals surface area contributed by atoms with Crippen LogP contribution in [0.1, 0.15) is 44.7 Å². The highest BCUT2D eigenvalue weighted by atomic mass is 19.4. The number of piperidine rings is 1. The Morgan fingerprint density at radius 2 is 1.78 bits per heavy atom. The van der Waals surface area contributed by atoms with Gasteiger partial charge in [-0.2, -0.15) is 13.2 Å². The zero-order chi connectivity index (χ0) is 27.2. The molecule has 2 aliphatic rings. The first-order chi connectivity index (χ1) is 17.4. The number of rotatable bonds is 5. The number of guanidine groups is 1. The molecule has 10 nitrogen and oxygen atoms in total. The highest BCUT2D eigenvalue weighted by molar-refractivity contribution is 5.99. The molecule has 3 N–H and O–H groups in total. The van der Waals surface area contributed by atoms with Crippen molar-refractivity contribution in [1.29, 1.82) is 0 Å². The minimum atomic E-state index is -5.05. The van der Waals surface area contributed by atoms with Crippen LogP contribution in [0, 0.1) is 0 Å². The molecule has 1 saturated heterocycles. The average Bonchev–Trinajstić information content (AvgIpc) is 2.82. The summed E-state index contributed by atoms with van der Waals surface area (Å²) in [5.41, 5.74) is 1.26. The fraction of sp³-hybridized carbons (Fsp3) is 0.625. The second-order valence-electron chi connectivity index (χ2n) is 9.92. The molecule has 2 aliphatic heterocycles. The summed E-state index contributed by atoms with van der Waals surface area (Å²) in [6.07, 6.45) is -4.09. The van der Waals surface area contributed by atoms with Crippen molar-refractivity contribution in [2.75, 3.05) is 32.8 Å². The molecule has 0 radical (unpaired) electrons. The highest BCUT2D eigenvalue weighted by Crippen LogP contribution is 2.25. The summed E-state index contributed by atoms with van der Waals surface area (Å²) in [4.78, 5) is 36.3. The summed E-state index contributed by atoms with van der Waals surface area (Å²) in [6.45, 7) is 7.19. The van der Waals surface area contributed by atoms with E-state index in [4.69, 9.17) is 15.4 Å². The van der Waals surface area contributed by atoms with Gasteiger partial charge in [0, 0.05) is 26.2 Å². The van der Waals surface area contributed by atoms with E-state index in [2.05, 4.69) is 9.83 Å². The molecule has 0 unspecified atom stereocenters. The molecule has 0 aliphatic carbocycles. The topological polar surface area (TPSA) is 119 Å². The third kappa shape index (κ3) is 8.49. The maximum absolute atomic E-state index is 13.1. The van der Waals surface area contributed by atoms with Crippen molar-refractivity contribution < 1.29 is 37.1 Å². The number of nitrogens with two attached hydrogens (primary N) is 1. The van der Waals surface area contributed by atoms with E-state index in [9.17, 15) is 22.8 Å². The Labute approximate surface area is 213 Å². The average molecular weight is 530 g/mol. The summed E-state index contributed by atoms with van der Waals surface area (Å²) in [5.74, 6) is 3.44. The largest absolute Gasteiger partial charge is 0.491 e. The SMILES string of the molecule is CC(C)(C)OC(=O)N1CCC(N=C(NC(=O)C(F)(F)F)N2CCc3cc(OCCON)ccc3C2)CC1. The number of carbonyl (C=O) groups excluding carboxylic acids is 2. The molecule has 1 aromatic rings. The van der Waals surface area contributed by atoms with Gasteiger partial charge in [0.15, 0.2) is 0 Å². The predicted molar refractivity (Wildman–Crippen MR) is 129 cm³/mol. The molecule has 1 aromatic carbocycles. The Hall–Kier alpha value is -3.06. The molecule has 0 spiro atoms. The molecule has 0 aromatic heterocycles. The van der Waals surface area contributed by atoms with Gasteiger partial charge in [-0.15, -0.1) is 0 Å². The number of carbonyl (C=O) groups is 2. The van der Waals surface area contributed by atoms with Crippen molar-refractivity contribution in [2.45, 2.75) is 64.4 Å². The van der Waals surface area contributed by atoms with Crippen molar-refractivity contribution in [3.8, 4) is 5.75 Å². The first-order valence-corrected chi connectivity index (χ1v) is 12.1. The van der Waals surface area contributed by atoms with E-state index < -0.39 is 23.8 Å². The third-order valence-electron chi connectivity index (χ3n) is 5.86. The molecule has 0 saturated carbocycles. The van der Waals surface area contributed by atoms with Crippen molar-refractivity contribution in [3.05, 3.63) is 29.3 Å². The maximum atomic E-state index is 13.1. The monoisotopic (exact) mass is 529 g/mol. The van der Waals surface area contributed by atoms with Gasteiger partial charge in [-0.25, -0.2) is 15.7 Å². The van der Waals surface area contributed by atoms with Gasteiger partial charge in [-0.1, -0.05) is 6.07 Å². The Balaban J connectivity index is 1.71. The lowest BCUT2D eigenvalue weighted by molar-refractivity contribution is -0.172. The van der Waals surface area contributed by atoms with Gasteiger partial charge < -0.3 is 24.1 Å². The number of nitrogens with one attached hydrogen (secondary N) is 1. The van der Waals surface area contributed by atoms with Crippen LogP contribution in [0.3, 0.4) is 0 Å². The normalized spacial score (nSPS) is 17.3. The molecule has 206 valence electrons. The quantitative estimate of drug-likeness (QED) is 0.261. The fourth-order valence-electron chi connectivity index (χ4n) is 4.05. The van der Waals surface area contributed by atoms with Gasteiger partial charge in [0.2, 0.25) is 5.96 Å². The molecule has 2 heterocycles. The number of nitrogens with zero attached hydrogens (tertiary/aromatic N) is 3. The van der Waals surface area contributed by atoms with Crippen LogP contribution in [0.15, 0.2) is 23.2 Å². The van der Waals surface area contributed by atoms with E-state index in [-0.39, 0.29) is 31.8 Å². The number of alkyl halides is 3. The maximum Gasteiger partial charge on any atom is 0.471 e. The molecule has 3 rings (SSSR count). The number of fused-ring (bicyclic) bond motifs is 1. The third-order valence-corrected chi connectivity index (χ3v) is 5.86. The zero-order valence-corrected chi connectivity index (χ0v) is 21.3. The zero-order valence-electron chi connectivity index (χ0n) is 21.3. The molecular weight excluding hydrogens is 495 g/mol. The Kier molecular flexibility index (Phi) is 9.24. The molecule has 37 heavy (non-hydrogen) atoms. The van der Waals surface area contributed by atoms with Gasteiger partial charge >= 0.3 is 18.2 Å². The smallest absolute Gasteiger partial charge is 0.471 e. The molecule has 2 amide bonds. The van der Waals surface area contributed by atoms with E-state index in [0.717, 1.165) is 11.1 Å². The van der Waals surface area contributed by atoms with Gasteiger partial charge in [-0.3, -0.25) is 10.1 Å². The van der Waals surface area contributed by atoms with E-state index in [1.807, 2.05) is 17.4 Å². The lowest BCUT2D eigenvalue weighted by atomic mass is 9.99. The summed E-state index contributed by atoms with van der Waals surface area (Å²) < 4.78 is 50.2. The molecule has 1 fully saturated rings.